The zero-order valence-electron chi connectivity index (χ0n) is 12.9. The number of carbonyl (C=O) groups is 1. The third-order valence-corrected chi connectivity index (χ3v) is 3.48. The van der Waals surface area contributed by atoms with Crippen LogP contribution in [0.2, 0.25) is 0 Å². The quantitative estimate of drug-likeness (QED) is 0.720. The second-order valence-corrected chi connectivity index (χ2v) is 5.32. The Morgan fingerprint density at radius 2 is 1.86 bits per heavy atom. The van der Waals surface area contributed by atoms with E-state index >= 15 is 0 Å². The topological polar surface area (TPSA) is 34.9 Å². The second kappa shape index (κ2) is 7.29. The molecule has 0 fully saturated rings. The van der Waals surface area contributed by atoms with E-state index in [2.05, 4.69) is 5.10 Å². The van der Waals surface area contributed by atoms with E-state index in [0.717, 1.165) is 24.8 Å². The van der Waals surface area contributed by atoms with Crippen molar-refractivity contribution >= 4 is 5.78 Å². The molecule has 0 atom stereocenters. The van der Waals surface area contributed by atoms with Gasteiger partial charge in [0.05, 0.1) is 6.54 Å². The summed E-state index contributed by atoms with van der Waals surface area (Å²) in [6.45, 7) is 3.93. The van der Waals surface area contributed by atoms with Crippen LogP contribution in [0.1, 0.15) is 54.7 Å². The number of carbonyl (C=O) groups excluding carboxylic acids is 1. The number of aromatic nitrogens is 2. The number of ketones is 1. The molecular formula is C17H20F2N2O. The highest BCUT2D eigenvalue weighted by Crippen LogP contribution is 2.17. The summed E-state index contributed by atoms with van der Waals surface area (Å²) in [4.78, 5) is 12.1. The first-order valence-electron chi connectivity index (χ1n) is 7.59. The second-order valence-electron chi connectivity index (χ2n) is 5.32. The highest BCUT2D eigenvalue weighted by Gasteiger charge is 2.17. The molecule has 0 aliphatic rings. The van der Waals surface area contributed by atoms with Gasteiger partial charge in [-0.3, -0.25) is 9.48 Å². The Labute approximate surface area is 129 Å². The maximum atomic E-state index is 13.7. The van der Waals surface area contributed by atoms with Crippen molar-refractivity contribution in [1.82, 2.24) is 9.78 Å². The Morgan fingerprint density at radius 3 is 2.45 bits per heavy atom. The summed E-state index contributed by atoms with van der Waals surface area (Å²) in [6, 6.07) is 3.77. The summed E-state index contributed by atoms with van der Waals surface area (Å²) in [5.41, 5.74) is 1.24. The number of Topliss-reactive ketones (excluding diaryl/α,β-unsaturated/α-hetero) is 1. The highest BCUT2D eigenvalue weighted by molar-refractivity contribution is 5.95. The third-order valence-electron chi connectivity index (χ3n) is 3.48. The van der Waals surface area contributed by atoms with Crippen LogP contribution in [0.25, 0.3) is 0 Å². The van der Waals surface area contributed by atoms with Crippen LogP contribution in [0.5, 0.6) is 0 Å². The lowest BCUT2D eigenvalue weighted by Crippen LogP contribution is -2.07. The molecule has 0 unspecified atom stereocenters. The van der Waals surface area contributed by atoms with Gasteiger partial charge in [0, 0.05) is 23.7 Å². The van der Waals surface area contributed by atoms with Crippen LogP contribution in [0, 0.1) is 11.6 Å². The maximum absolute atomic E-state index is 13.7. The Balaban J connectivity index is 2.32. The van der Waals surface area contributed by atoms with Crippen LogP contribution in [-0.4, -0.2) is 15.6 Å². The van der Waals surface area contributed by atoms with E-state index in [1.807, 2.05) is 13.8 Å². The van der Waals surface area contributed by atoms with Gasteiger partial charge in [-0.1, -0.05) is 26.3 Å². The smallest absolute Gasteiger partial charge is 0.183 e. The highest BCUT2D eigenvalue weighted by atomic mass is 19.1. The van der Waals surface area contributed by atoms with Gasteiger partial charge in [0.1, 0.15) is 17.3 Å². The monoisotopic (exact) mass is 306 g/mol. The van der Waals surface area contributed by atoms with Crippen molar-refractivity contribution in [3.05, 3.63) is 52.9 Å². The van der Waals surface area contributed by atoms with Crippen molar-refractivity contribution in [2.24, 2.45) is 0 Å². The lowest BCUT2D eigenvalue weighted by Gasteiger charge is -2.04. The minimum absolute atomic E-state index is 0.0151. The molecule has 118 valence electrons. The molecule has 0 radical (unpaired) electrons. The summed E-state index contributed by atoms with van der Waals surface area (Å²) in [5.74, 6) is -1.22. The lowest BCUT2D eigenvalue weighted by molar-refractivity contribution is 0.0975. The molecule has 1 aromatic heterocycles. The molecule has 0 amide bonds. The number of nitrogens with zero attached hydrogens (tertiary/aromatic N) is 2. The van der Waals surface area contributed by atoms with Crippen LogP contribution < -0.4 is 0 Å². The van der Waals surface area contributed by atoms with Gasteiger partial charge in [-0.25, -0.2) is 8.78 Å². The molecule has 2 rings (SSSR count). The van der Waals surface area contributed by atoms with Gasteiger partial charge in [0.15, 0.2) is 5.78 Å². The van der Waals surface area contributed by atoms with Crippen molar-refractivity contribution in [1.29, 1.82) is 0 Å². The molecule has 2 aromatic rings. The molecule has 22 heavy (non-hydrogen) atoms. The first-order chi connectivity index (χ1) is 10.6. The van der Waals surface area contributed by atoms with Crippen molar-refractivity contribution in [2.45, 2.75) is 46.1 Å². The minimum atomic E-state index is -0.603. The average molecular weight is 306 g/mol. The summed E-state index contributed by atoms with van der Waals surface area (Å²) in [6.07, 6.45) is 4.51. The fourth-order valence-corrected chi connectivity index (χ4v) is 2.42. The van der Waals surface area contributed by atoms with Crippen molar-refractivity contribution in [3.8, 4) is 0 Å². The normalized spacial score (nSPS) is 10.9. The van der Waals surface area contributed by atoms with Crippen LogP contribution in [0.3, 0.4) is 0 Å². The van der Waals surface area contributed by atoms with Crippen LogP contribution >= 0.6 is 0 Å². The molecule has 5 heteroatoms. The molecule has 0 saturated heterocycles. The summed E-state index contributed by atoms with van der Waals surface area (Å²) in [7, 11) is 0. The third kappa shape index (κ3) is 3.59. The number of hydrogen-bond donors (Lipinski definition) is 0. The van der Waals surface area contributed by atoms with E-state index in [4.69, 9.17) is 0 Å². The zero-order valence-corrected chi connectivity index (χ0v) is 12.9. The van der Waals surface area contributed by atoms with Gasteiger partial charge >= 0.3 is 0 Å². The summed E-state index contributed by atoms with van der Waals surface area (Å²) < 4.78 is 28.9. The summed E-state index contributed by atoms with van der Waals surface area (Å²) in [5, 5.41) is 4.26. The first kappa shape index (κ1) is 16.3. The maximum Gasteiger partial charge on any atom is 0.183 e. The fourth-order valence-electron chi connectivity index (χ4n) is 2.42. The Hall–Kier alpha value is -2.04. The molecule has 0 aliphatic heterocycles. The van der Waals surface area contributed by atoms with E-state index < -0.39 is 11.6 Å². The number of halogens is 2. The van der Waals surface area contributed by atoms with Crippen molar-refractivity contribution in [3.63, 3.8) is 0 Å². The largest absolute Gasteiger partial charge is 0.292 e. The Kier molecular flexibility index (Phi) is 5.41. The van der Waals surface area contributed by atoms with Gasteiger partial charge in [0.25, 0.3) is 0 Å². The molecule has 1 aromatic carbocycles. The van der Waals surface area contributed by atoms with E-state index in [9.17, 15) is 13.6 Å². The van der Waals surface area contributed by atoms with Gasteiger partial charge in [0.2, 0.25) is 0 Å². The number of benzene rings is 1. The van der Waals surface area contributed by atoms with E-state index in [0.29, 0.717) is 12.1 Å². The number of rotatable bonds is 7. The van der Waals surface area contributed by atoms with Gasteiger partial charge in [-0.05, 0) is 25.0 Å². The molecule has 3 nitrogen and oxygen atoms in total. The number of aryl methyl sites for hydroxylation is 1. The first-order valence-corrected chi connectivity index (χ1v) is 7.59. The average Bonchev–Trinajstić information content (AvgIpc) is 2.87. The minimum Gasteiger partial charge on any atom is -0.292 e. The van der Waals surface area contributed by atoms with Gasteiger partial charge in [-0.2, -0.15) is 5.10 Å². The SMILES string of the molecule is CCCC(=O)c1nn(Cc2c(F)cccc2F)cc1CCC. The van der Waals surface area contributed by atoms with E-state index in [-0.39, 0.29) is 17.9 Å². The molecule has 0 spiro atoms. The Bertz CT molecular complexity index is 644. The summed E-state index contributed by atoms with van der Waals surface area (Å²) >= 11 is 0. The van der Waals surface area contributed by atoms with Gasteiger partial charge in [-0.15, -0.1) is 0 Å². The zero-order chi connectivity index (χ0) is 16.1. The van der Waals surface area contributed by atoms with Crippen LogP contribution in [0.15, 0.2) is 24.4 Å². The van der Waals surface area contributed by atoms with E-state index in [1.165, 1.54) is 22.9 Å². The molecule has 1 heterocycles. The van der Waals surface area contributed by atoms with Crippen molar-refractivity contribution < 1.29 is 13.6 Å². The predicted octanol–water partition coefficient (Wildman–Crippen LogP) is 4.14. The fraction of sp³-hybridized carbons (Fsp3) is 0.412. The molecule has 0 bridgehead atoms. The Morgan fingerprint density at radius 1 is 1.18 bits per heavy atom. The van der Waals surface area contributed by atoms with Gasteiger partial charge < -0.3 is 0 Å². The standard InChI is InChI=1S/C17H20F2N2O/c1-3-6-12-10-21(20-17(12)16(22)7-4-2)11-13-14(18)8-5-9-15(13)19/h5,8-10H,3-4,6-7,11H2,1-2H3. The predicted molar refractivity (Wildman–Crippen MR) is 80.9 cm³/mol. The molecule has 0 saturated carbocycles. The molecule has 0 N–H and O–H groups in total. The van der Waals surface area contributed by atoms with Crippen molar-refractivity contribution in [2.75, 3.05) is 0 Å². The number of hydrogen-bond acceptors (Lipinski definition) is 2. The van der Waals surface area contributed by atoms with E-state index in [1.54, 1.807) is 6.20 Å². The molecular weight excluding hydrogens is 286 g/mol. The van der Waals surface area contributed by atoms with Crippen LogP contribution in [-0.2, 0) is 13.0 Å². The van der Waals surface area contributed by atoms with Crippen LogP contribution in [0.4, 0.5) is 8.78 Å². The lowest BCUT2D eigenvalue weighted by atomic mass is 10.1. The molecule has 0 aliphatic carbocycles.